The van der Waals surface area contributed by atoms with Crippen LogP contribution in [0, 0.1) is 20.9 Å². The Kier molecular flexibility index (Phi) is 8.24. The maximum Gasteiger partial charge on any atom is 0.458 e. The third kappa shape index (κ3) is 5.38. The first-order valence-electron chi connectivity index (χ1n) is 5.24. The Hall–Kier alpha value is -1.28. The zero-order valence-corrected chi connectivity index (χ0v) is 11.5. The van der Waals surface area contributed by atoms with Crippen LogP contribution in [0.1, 0.15) is 6.92 Å². The van der Waals surface area contributed by atoms with Crippen LogP contribution in [0.25, 0.3) is 0 Å². The molecule has 0 fully saturated rings. The van der Waals surface area contributed by atoms with E-state index in [1.807, 2.05) is 0 Å². The van der Waals surface area contributed by atoms with Crippen molar-refractivity contribution >= 4 is 7.60 Å². The van der Waals surface area contributed by atoms with E-state index in [2.05, 4.69) is 24.4 Å². The quantitative estimate of drug-likeness (QED) is 0.249. The maximum absolute atomic E-state index is 11.5. The van der Waals surface area contributed by atoms with Gasteiger partial charge in [0.1, 0.15) is 24.3 Å². The van der Waals surface area contributed by atoms with E-state index in [1.165, 1.54) is 12.7 Å². The predicted octanol–water partition coefficient (Wildman–Crippen LogP) is 0.267. The molecule has 12 heteroatoms. The fourth-order valence-corrected chi connectivity index (χ4v) is 1.84. The summed E-state index contributed by atoms with van der Waals surface area (Å²) in [5.74, 6) is 1.19. The summed E-state index contributed by atoms with van der Waals surface area (Å²) < 4.78 is 20.0. The highest BCUT2D eigenvalue weighted by molar-refractivity contribution is 7.58. The van der Waals surface area contributed by atoms with Gasteiger partial charge in [-0.3, -0.25) is 4.52 Å². The first-order chi connectivity index (χ1) is 9.35. The number of nitriles is 1. The molecule has 0 bridgehead atoms. The van der Waals surface area contributed by atoms with Gasteiger partial charge in [-0.05, 0) is 6.92 Å². The van der Waals surface area contributed by atoms with Crippen LogP contribution in [0.4, 0.5) is 0 Å². The molecule has 0 saturated heterocycles. The Bertz CT molecular complexity index is 413. The van der Waals surface area contributed by atoms with E-state index < -0.39 is 38.5 Å². The van der Waals surface area contributed by atoms with Gasteiger partial charge in [-0.15, -0.1) is 4.67 Å². The lowest BCUT2D eigenvalue weighted by atomic mass is 10.0. The van der Waals surface area contributed by atoms with E-state index in [-0.39, 0.29) is 0 Å². The van der Waals surface area contributed by atoms with Crippen LogP contribution >= 0.6 is 7.60 Å². The van der Waals surface area contributed by atoms with Crippen molar-refractivity contribution in [1.82, 2.24) is 0 Å². The molecule has 0 aromatic heterocycles. The first kappa shape index (κ1) is 18.7. The average Bonchev–Trinajstić information content (AvgIpc) is 2.45. The van der Waals surface area contributed by atoms with Gasteiger partial charge in [-0.25, -0.2) is 9.45 Å². The number of hydrogen-bond donors (Lipinski definition) is 2. The lowest BCUT2D eigenvalue weighted by molar-refractivity contribution is -0.186. The highest BCUT2D eigenvalue weighted by Gasteiger charge is 2.35. The summed E-state index contributed by atoms with van der Waals surface area (Å²) in [5, 5.41) is 32.7. The van der Waals surface area contributed by atoms with Crippen molar-refractivity contribution in [3.63, 3.8) is 0 Å². The molecule has 0 heterocycles. The number of rotatable bonds is 10. The van der Waals surface area contributed by atoms with Crippen LogP contribution in [0.15, 0.2) is 10.4 Å². The molecule has 114 valence electrons. The monoisotopic (exact) mass is 311 g/mol. The van der Waals surface area contributed by atoms with Crippen molar-refractivity contribution in [2.45, 2.75) is 31.2 Å². The molecule has 0 aliphatic heterocycles. The third-order valence-corrected chi connectivity index (χ3v) is 3.32. The number of nitroso groups, excluding NO2 is 2. The minimum absolute atomic E-state index is 0.813. The summed E-state index contributed by atoms with van der Waals surface area (Å²) in [6, 6.07) is -2.70. The Labute approximate surface area is 113 Å². The highest BCUT2D eigenvalue weighted by Crippen LogP contribution is 2.46. The van der Waals surface area contributed by atoms with Crippen LogP contribution in [0.2, 0.25) is 0 Å². The zero-order chi connectivity index (χ0) is 15.8. The molecule has 11 nitrogen and oxygen atoms in total. The molecule has 0 radical (unpaired) electrons. The second-order valence-electron chi connectivity index (χ2n) is 3.63. The largest absolute Gasteiger partial charge is 0.458 e. The Morgan fingerprint density at radius 2 is 1.95 bits per heavy atom. The summed E-state index contributed by atoms with van der Waals surface area (Å²) in [4.78, 5) is 24.8. The SMILES string of the molecule is COOP(=O)(C#N)OCC(O)C(O)C(N=O)C(C)N=O. The molecule has 0 rings (SSSR count). The molecular weight excluding hydrogens is 297 g/mol. The summed E-state index contributed by atoms with van der Waals surface area (Å²) in [6.45, 7) is 0.400. The van der Waals surface area contributed by atoms with Crippen molar-refractivity contribution in [3.05, 3.63) is 9.81 Å². The standard InChI is InChI=1S/C8H14N3O8P/c1-5(10-14)7(11-15)8(13)6(12)3-18-20(16,4-9)19-17-2/h5-8,12-13H,3H2,1-2H3. The normalized spacial score (nSPS) is 19.9. The van der Waals surface area contributed by atoms with Crippen LogP contribution in [-0.2, 0) is 18.7 Å². The van der Waals surface area contributed by atoms with Crippen LogP contribution in [0.5, 0.6) is 0 Å². The van der Waals surface area contributed by atoms with Gasteiger partial charge < -0.3 is 10.2 Å². The molecule has 2 N–H and O–H groups in total. The van der Waals surface area contributed by atoms with Gasteiger partial charge in [0.2, 0.25) is 0 Å². The summed E-state index contributed by atoms with van der Waals surface area (Å²) >= 11 is 0. The molecule has 0 spiro atoms. The minimum atomic E-state index is -4.24. The van der Waals surface area contributed by atoms with Gasteiger partial charge >= 0.3 is 7.60 Å². The lowest BCUT2D eigenvalue weighted by Gasteiger charge is -2.23. The highest BCUT2D eigenvalue weighted by atomic mass is 31.2. The van der Waals surface area contributed by atoms with E-state index in [1.54, 1.807) is 0 Å². The fraction of sp³-hybridized carbons (Fsp3) is 0.875. The van der Waals surface area contributed by atoms with E-state index in [4.69, 9.17) is 5.26 Å². The molecule has 0 saturated carbocycles. The van der Waals surface area contributed by atoms with Gasteiger partial charge in [-0.1, -0.05) is 10.4 Å². The van der Waals surface area contributed by atoms with Crippen molar-refractivity contribution in [3.8, 4) is 5.81 Å². The second kappa shape index (κ2) is 8.80. The molecule has 0 amide bonds. The van der Waals surface area contributed by atoms with Crippen LogP contribution < -0.4 is 0 Å². The Balaban J connectivity index is 4.64. The molecule has 5 atom stereocenters. The van der Waals surface area contributed by atoms with Gasteiger partial charge in [0, 0.05) is 0 Å². The summed E-state index contributed by atoms with van der Waals surface area (Å²) in [7, 11) is -3.26. The first-order valence-corrected chi connectivity index (χ1v) is 6.78. The molecule has 0 aliphatic rings. The number of aliphatic hydroxyl groups excluding tert-OH is 2. The average molecular weight is 311 g/mol. The number of nitrogens with zero attached hydrogens (tertiary/aromatic N) is 3. The maximum atomic E-state index is 11.5. The van der Waals surface area contributed by atoms with Crippen LogP contribution in [0.3, 0.4) is 0 Å². The van der Waals surface area contributed by atoms with Crippen molar-refractivity contribution in [1.29, 1.82) is 5.26 Å². The molecule has 20 heavy (non-hydrogen) atoms. The Morgan fingerprint density at radius 1 is 1.35 bits per heavy atom. The molecule has 0 aromatic carbocycles. The van der Waals surface area contributed by atoms with Crippen molar-refractivity contribution < 1.29 is 28.9 Å². The topological polar surface area (TPSA) is 168 Å². The second-order valence-corrected chi connectivity index (χ2v) is 5.24. The van der Waals surface area contributed by atoms with Crippen molar-refractivity contribution in [2.24, 2.45) is 10.4 Å². The number of aliphatic hydroxyl groups is 2. The fourth-order valence-electron chi connectivity index (χ4n) is 1.16. The van der Waals surface area contributed by atoms with E-state index >= 15 is 0 Å². The molecule has 5 unspecified atom stereocenters. The third-order valence-electron chi connectivity index (χ3n) is 2.24. The molecule has 0 aliphatic carbocycles. The van der Waals surface area contributed by atoms with Gasteiger partial charge in [0.25, 0.3) is 0 Å². The van der Waals surface area contributed by atoms with E-state index in [0.29, 0.717) is 0 Å². The summed E-state index contributed by atoms with van der Waals surface area (Å²) in [5.41, 5.74) is 0. The van der Waals surface area contributed by atoms with E-state index in [0.717, 1.165) is 7.11 Å². The Morgan fingerprint density at radius 3 is 2.35 bits per heavy atom. The van der Waals surface area contributed by atoms with Gasteiger partial charge in [0.15, 0.2) is 5.81 Å². The lowest BCUT2D eigenvalue weighted by Crippen LogP contribution is -2.43. The van der Waals surface area contributed by atoms with Crippen molar-refractivity contribution in [2.75, 3.05) is 13.7 Å². The predicted molar refractivity (Wildman–Crippen MR) is 64.1 cm³/mol. The van der Waals surface area contributed by atoms with Gasteiger partial charge in [0.05, 0.1) is 13.7 Å². The minimum Gasteiger partial charge on any atom is -0.388 e. The van der Waals surface area contributed by atoms with E-state index in [9.17, 15) is 24.6 Å². The smallest absolute Gasteiger partial charge is 0.388 e. The van der Waals surface area contributed by atoms with Crippen LogP contribution in [-0.4, -0.2) is 48.2 Å². The van der Waals surface area contributed by atoms with Gasteiger partial charge in [-0.2, -0.15) is 15.1 Å². The zero-order valence-electron chi connectivity index (χ0n) is 10.6. The molecule has 0 aromatic rings. The summed E-state index contributed by atoms with van der Waals surface area (Å²) in [6.07, 6.45) is -3.54. The number of hydrogen-bond acceptors (Lipinski definition) is 11. The molecular formula is C8H14N3O8P.